The average Bonchev–Trinajstić information content (AvgIpc) is 3.24. The molecule has 0 N–H and O–H groups in total. The predicted octanol–water partition coefficient (Wildman–Crippen LogP) is 2.47. The molecule has 4 heterocycles. The van der Waals surface area contributed by atoms with E-state index in [0.717, 1.165) is 54.3 Å². The molecule has 8 heteroatoms. The zero-order valence-corrected chi connectivity index (χ0v) is 16.8. The Bertz CT molecular complexity index is 1050. The lowest BCUT2D eigenvalue weighted by atomic mass is 9.87. The van der Waals surface area contributed by atoms with E-state index < -0.39 is 0 Å². The Balaban J connectivity index is 1.64. The lowest BCUT2D eigenvalue weighted by Gasteiger charge is -2.31. The molecular formula is C19H24N6OS. The summed E-state index contributed by atoms with van der Waals surface area (Å²) in [4.78, 5) is 29.0. The summed E-state index contributed by atoms with van der Waals surface area (Å²) in [5.41, 5.74) is 2.17. The van der Waals surface area contributed by atoms with Crippen molar-refractivity contribution in [2.75, 3.05) is 33.2 Å². The van der Waals surface area contributed by atoms with E-state index in [2.05, 4.69) is 24.0 Å². The summed E-state index contributed by atoms with van der Waals surface area (Å²) in [6, 6.07) is 0. The van der Waals surface area contributed by atoms with Crippen LogP contribution in [0.15, 0.2) is 0 Å². The van der Waals surface area contributed by atoms with Gasteiger partial charge in [-0.2, -0.15) is 4.52 Å². The number of thiophene rings is 1. The summed E-state index contributed by atoms with van der Waals surface area (Å²) in [6.45, 7) is 7.45. The van der Waals surface area contributed by atoms with Crippen LogP contribution in [-0.2, 0) is 6.42 Å². The van der Waals surface area contributed by atoms with Gasteiger partial charge in [0.1, 0.15) is 10.7 Å². The van der Waals surface area contributed by atoms with Crippen molar-refractivity contribution in [1.29, 1.82) is 0 Å². The second-order valence-electron chi connectivity index (χ2n) is 7.84. The number of hydrogen-bond acceptors (Lipinski definition) is 6. The monoisotopic (exact) mass is 384 g/mol. The van der Waals surface area contributed by atoms with E-state index in [-0.39, 0.29) is 5.91 Å². The lowest BCUT2D eigenvalue weighted by molar-refractivity contribution is 0.0652. The zero-order valence-electron chi connectivity index (χ0n) is 16.0. The number of piperazine rings is 1. The van der Waals surface area contributed by atoms with Gasteiger partial charge in [0, 0.05) is 31.1 Å². The fourth-order valence-electron chi connectivity index (χ4n) is 4.33. The molecule has 5 rings (SSSR count). The molecule has 3 aromatic heterocycles. The maximum absolute atomic E-state index is 13.0. The Morgan fingerprint density at radius 3 is 2.74 bits per heavy atom. The number of aryl methyl sites for hydroxylation is 2. The normalized spacial score (nSPS) is 21.1. The van der Waals surface area contributed by atoms with Crippen LogP contribution >= 0.6 is 11.3 Å². The molecule has 7 nitrogen and oxygen atoms in total. The standard InChI is InChI=1S/C19H24N6OS/c1-11-5-4-6-13-14(11)15-17-21-16(19(26)24-9-7-23(3)8-10-24)22-25(17)12(2)20-18(15)27-13/h11H,4-10H2,1-3H3/t11-/m1/s1. The molecule has 1 amide bonds. The van der Waals surface area contributed by atoms with Gasteiger partial charge in [-0.25, -0.2) is 9.97 Å². The largest absolute Gasteiger partial charge is 0.333 e. The Morgan fingerprint density at radius 2 is 1.96 bits per heavy atom. The minimum atomic E-state index is -0.0727. The van der Waals surface area contributed by atoms with Crippen LogP contribution in [0.25, 0.3) is 15.9 Å². The van der Waals surface area contributed by atoms with Gasteiger partial charge in [0.15, 0.2) is 5.65 Å². The number of nitrogens with zero attached hydrogens (tertiary/aromatic N) is 6. The number of rotatable bonds is 1. The molecule has 1 atom stereocenters. The van der Waals surface area contributed by atoms with Gasteiger partial charge in [-0.15, -0.1) is 16.4 Å². The molecule has 0 bridgehead atoms. The number of aromatic nitrogens is 4. The fraction of sp³-hybridized carbons (Fsp3) is 0.579. The van der Waals surface area contributed by atoms with Gasteiger partial charge in [0.2, 0.25) is 5.82 Å². The van der Waals surface area contributed by atoms with Crippen LogP contribution < -0.4 is 0 Å². The summed E-state index contributed by atoms with van der Waals surface area (Å²) in [7, 11) is 2.08. The van der Waals surface area contributed by atoms with Gasteiger partial charge in [-0.05, 0) is 44.7 Å². The average molecular weight is 385 g/mol. The predicted molar refractivity (Wildman–Crippen MR) is 106 cm³/mol. The van der Waals surface area contributed by atoms with Crippen LogP contribution in [0.5, 0.6) is 0 Å². The first-order valence-corrected chi connectivity index (χ1v) is 10.5. The van der Waals surface area contributed by atoms with Crippen LogP contribution in [0.4, 0.5) is 0 Å². The van der Waals surface area contributed by atoms with Crippen LogP contribution in [-0.4, -0.2) is 68.5 Å². The number of hydrogen-bond donors (Lipinski definition) is 0. The second-order valence-corrected chi connectivity index (χ2v) is 8.92. The number of likely N-dealkylation sites (N-methyl/N-ethyl adjacent to an activating group) is 1. The lowest BCUT2D eigenvalue weighted by Crippen LogP contribution is -2.47. The topological polar surface area (TPSA) is 66.6 Å². The molecule has 1 aliphatic heterocycles. The van der Waals surface area contributed by atoms with E-state index in [1.54, 1.807) is 15.9 Å². The molecule has 1 fully saturated rings. The summed E-state index contributed by atoms with van der Waals surface area (Å²) in [6.07, 6.45) is 3.54. The highest BCUT2D eigenvalue weighted by Gasteiger charge is 2.28. The molecule has 1 aliphatic carbocycles. The van der Waals surface area contributed by atoms with E-state index in [1.165, 1.54) is 23.3 Å². The summed E-state index contributed by atoms with van der Waals surface area (Å²) < 4.78 is 1.76. The maximum Gasteiger partial charge on any atom is 0.293 e. The number of amides is 1. The molecule has 1 saturated heterocycles. The number of carbonyl (C=O) groups excluding carboxylic acids is 1. The molecule has 0 radical (unpaired) electrons. The molecule has 0 aromatic carbocycles. The van der Waals surface area contributed by atoms with Crippen molar-refractivity contribution in [2.45, 2.75) is 39.0 Å². The third-order valence-corrected chi connectivity index (χ3v) is 7.08. The van der Waals surface area contributed by atoms with Crippen LogP contribution in [0.2, 0.25) is 0 Å². The Kier molecular flexibility index (Phi) is 3.94. The summed E-state index contributed by atoms with van der Waals surface area (Å²) in [5, 5.41) is 5.66. The van der Waals surface area contributed by atoms with Gasteiger partial charge >= 0.3 is 0 Å². The van der Waals surface area contributed by atoms with Crippen molar-refractivity contribution in [1.82, 2.24) is 29.4 Å². The number of carbonyl (C=O) groups is 1. The third kappa shape index (κ3) is 2.65. The van der Waals surface area contributed by atoms with Crippen LogP contribution in [0, 0.1) is 6.92 Å². The maximum atomic E-state index is 13.0. The van der Waals surface area contributed by atoms with E-state index >= 15 is 0 Å². The summed E-state index contributed by atoms with van der Waals surface area (Å²) in [5.74, 6) is 1.51. The van der Waals surface area contributed by atoms with Gasteiger partial charge in [-0.1, -0.05) is 6.92 Å². The highest BCUT2D eigenvalue weighted by atomic mass is 32.1. The SMILES string of the molecule is Cc1nc2sc3c(c2c2nc(C(=O)N4CCN(C)CC4)nn12)[C@H](C)CCC3. The molecule has 0 unspecified atom stereocenters. The van der Waals surface area contributed by atoms with Crippen molar-refractivity contribution in [2.24, 2.45) is 0 Å². The first kappa shape index (κ1) is 17.1. The highest BCUT2D eigenvalue weighted by molar-refractivity contribution is 7.19. The Labute approximate surface area is 162 Å². The minimum Gasteiger partial charge on any atom is -0.333 e. The molecule has 0 saturated carbocycles. The van der Waals surface area contributed by atoms with Crippen LogP contribution in [0.1, 0.15) is 52.6 Å². The highest BCUT2D eigenvalue weighted by Crippen LogP contribution is 2.42. The fourth-order valence-corrected chi connectivity index (χ4v) is 5.70. The van der Waals surface area contributed by atoms with Crippen molar-refractivity contribution < 1.29 is 4.79 Å². The molecule has 2 aliphatic rings. The molecule has 0 spiro atoms. The van der Waals surface area contributed by atoms with Crippen molar-refractivity contribution in [3.8, 4) is 0 Å². The van der Waals surface area contributed by atoms with E-state index in [1.807, 2.05) is 11.8 Å². The minimum absolute atomic E-state index is 0.0727. The zero-order chi connectivity index (χ0) is 18.7. The van der Waals surface area contributed by atoms with Gasteiger partial charge in [-0.3, -0.25) is 4.79 Å². The van der Waals surface area contributed by atoms with Crippen molar-refractivity contribution in [3.63, 3.8) is 0 Å². The quantitative estimate of drug-likeness (QED) is 0.645. The van der Waals surface area contributed by atoms with E-state index in [9.17, 15) is 4.79 Å². The van der Waals surface area contributed by atoms with Gasteiger partial charge in [0.05, 0.1) is 5.39 Å². The molecule has 3 aromatic rings. The van der Waals surface area contributed by atoms with E-state index in [4.69, 9.17) is 9.97 Å². The molecular weight excluding hydrogens is 360 g/mol. The Morgan fingerprint density at radius 1 is 1.19 bits per heavy atom. The number of fused-ring (bicyclic) bond motifs is 5. The molecule has 142 valence electrons. The second kappa shape index (κ2) is 6.24. The Hall–Kier alpha value is -2.06. The van der Waals surface area contributed by atoms with Crippen molar-refractivity contribution in [3.05, 3.63) is 22.1 Å². The van der Waals surface area contributed by atoms with E-state index in [0.29, 0.717) is 11.7 Å². The van der Waals surface area contributed by atoms with Crippen LogP contribution in [0.3, 0.4) is 0 Å². The third-order valence-electron chi connectivity index (χ3n) is 5.92. The molecule has 27 heavy (non-hydrogen) atoms. The first-order valence-electron chi connectivity index (χ1n) is 9.69. The first-order chi connectivity index (χ1) is 13.0. The van der Waals surface area contributed by atoms with Crippen molar-refractivity contribution >= 4 is 33.1 Å². The van der Waals surface area contributed by atoms with Gasteiger partial charge in [0.25, 0.3) is 5.91 Å². The van der Waals surface area contributed by atoms with Gasteiger partial charge < -0.3 is 9.80 Å². The summed E-state index contributed by atoms with van der Waals surface area (Å²) >= 11 is 1.79. The smallest absolute Gasteiger partial charge is 0.293 e.